The minimum atomic E-state index is -1.21. The third-order valence-electron chi connectivity index (χ3n) is 11.4. The van der Waals surface area contributed by atoms with Gasteiger partial charge in [-0.2, -0.15) is 0 Å². The molecule has 1 fully saturated rings. The number of carbonyl (C=O) groups is 4. The fourth-order valence-electron chi connectivity index (χ4n) is 8.10. The van der Waals surface area contributed by atoms with Crippen LogP contribution in [0.25, 0.3) is 10.8 Å². The Kier molecular flexibility index (Phi) is 14.3. The largest absolute Gasteiger partial charge is 0.454 e. The van der Waals surface area contributed by atoms with E-state index in [-0.39, 0.29) is 50.6 Å². The number of hydrogen-bond acceptors (Lipinski definition) is 11. The predicted octanol–water partition coefficient (Wildman–Crippen LogP) is 4.67. The van der Waals surface area contributed by atoms with Crippen molar-refractivity contribution in [2.75, 3.05) is 44.5 Å². The molecule has 3 heterocycles. The number of piperazine rings is 1. The Morgan fingerprint density at radius 1 is 0.839 bits per heavy atom. The first-order valence-electron chi connectivity index (χ1n) is 21.3. The summed E-state index contributed by atoms with van der Waals surface area (Å²) in [4.78, 5) is 62.4. The van der Waals surface area contributed by atoms with Gasteiger partial charge in [-0.3, -0.25) is 24.2 Å². The first-order valence-corrected chi connectivity index (χ1v) is 21.3. The molecule has 0 saturated carbocycles. The monoisotopic (exact) mass is 847 g/mol. The van der Waals surface area contributed by atoms with Gasteiger partial charge in [-0.25, -0.2) is 4.79 Å². The summed E-state index contributed by atoms with van der Waals surface area (Å²) in [5.41, 5.74) is 9.29. The van der Waals surface area contributed by atoms with Gasteiger partial charge >= 0.3 is 6.09 Å². The van der Waals surface area contributed by atoms with Gasteiger partial charge in [-0.15, -0.1) is 0 Å². The van der Waals surface area contributed by atoms with Gasteiger partial charge in [0.05, 0.1) is 30.3 Å². The molecule has 328 valence electrons. The van der Waals surface area contributed by atoms with Crippen molar-refractivity contribution in [3.8, 4) is 11.5 Å². The fraction of sp³-hybridized carbons (Fsp3) is 0.404. The summed E-state index contributed by atoms with van der Waals surface area (Å²) in [6, 6.07) is 26.0. The van der Waals surface area contributed by atoms with Crippen molar-refractivity contribution in [3.63, 3.8) is 0 Å². The van der Waals surface area contributed by atoms with Crippen LogP contribution in [-0.4, -0.2) is 107 Å². The van der Waals surface area contributed by atoms with E-state index >= 15 is 0 Å². The molecule has 0 radical (unpaired) electrons. The number of amides is 4. The van der Waals surface area contributed by atoms with Crippen LogP contribution in [0.2, 0.25) is 0 Å². The molecule has 7 rings (SSSR count). The van der Waals surface area contributed by atoms with Crippen molar-refractivity contribution in [1.29, 1.82) is 0 Å². The lowest BCUT2D eigenvalue weighted by Gasteiger charge is -2.36. The zero-order chi connectivity index (χ0) is 43.8. The van der Waals surface area contributed by atoms with E-state index in [4.69, 9.17) is 19.9 Å². The number of nitrogens with zero attached hydrogens (tertiary/aromatic N) is 4. The maximum Gasteiger partial charge on any atom is 0.408 e. The molecule has 0 bridgehead atoms. The Balaban J connectivity index is 1.06. The SMILES string of the molecule is CC(C)C[C@H](NC(=O)[C@H](CC1=CN(C(=O)[C@H](C)N)CN1c1cccc2ccccc12)NC(=O)OCc1ccccc1)[C@@H](O)CC(=O)N1CCN(Cc2ccc3c(c2)OCO3)CC1. The van der Waals surface area contributed by atoms with Crippen LogP contribution in [0.5, 0.6) is 11.5 Å². The van der Waals surface area contributed by atoms with Gasteiger partial charge in [0.2, 0.25) is 24.5 Å². The van der Waals surface area contributed by atoms with Crippen molar-refractivity contribution >= 4 is 40.3 Å². The number of aliphatic hydroxyl groups excluding tert-OH is 1. The molecule has 0 aromatic heterocycles. The number of fused-ring (bicyclic) bond motifs is 2. The molecule has 15 heteroatoms. The van der Waals surface area contributed by atoms with Gasteiger partial charge in [0.25, 0.3) is 0 Å². The summed E-state index contributed by atoms with van der Waals surface area (Å²) in [5, 5.41) is 19.3. The lowest BCUT2D eigenvalue weighted by molar-refractivity contribution is -0.136. The Morgan fingerprint density at radius 2 is 1.56 bits per heavy atom. The quantitative estimate of drug-likeness (QED) is 0.123. The Bertz CT molecular complexity index is 2240. The number of aliphatic hydroxyl groups is 1. The first-order chi connectivity index (χ1) is 29.9. The van der Waals surface area contributed by atoms with E-state index in [9.17, 15) is 24.3 Å². The Hall–Kier alpha value is -6.16. The van der Waals surface area contributed by atoms with Gasteiger partial charge in [0.15, 0.2) is 11.5 Å². The van der Waals surface area contributed by atoms with Crippen LogP contribution in [0.4, 0.5) is 10.5 Å². The fourth-order valence-corrected chi connectivity index (χ4v) is 8.10. The highest BCUT2D eigenvalue weighted by molar-refractivity contribution is 5.96. The van der Waals surface area contributed by atoms with E-state index in [1.165, 1.54) is 4.90 Å². The van der Waals surface area contributed by atoms with Crippen molar-refractivity contribution in [2.45, 2.75) is 77.4 Å². The second kappa shape index (κ2) is 20.1. The molecule has 62 heavy (non-hydrogen) atoms. The summed E-state index contributed by atoms with van der Waals surface area (Å²) < 4.78 is 16.5. The third-order valence-corrected chi connectivity index (χ3v) is 11.4. The minimum absolute atomic E-state index is 0.0218. The number of rotatable bonds is 16. The summed E-state index contributed by atoms with van der Waals surface area (Å²) in [5.74, 6) is 0.424. The molecule has 3 aliphatic rings. The Labute approximate surface area is 362 Å². The topological polar surface area (TPSA) is 179 Å². The number of nitrogens with one attached hydrogen (secondary N) is 2. The lowest BCUT2D eigenvalue weighted by Crippen LogP contribution is -2.54. The molecule has 0 unspecified atom stereocenters. The predicted molar refractivity (Wildman–Crippen MR) is 234 cm³/mol. The summed E-state index contributed by atoms with van der Waals surface area (Å²) in [6.45, 7) is 8.92. The molecule has 0 spiro atoms. The number of hydrogen-bond donors (Lipinski definition) is 4. The van der Waals surface area contributed by atoms with E-state index in [0.29, 0.717) is 44.8 Å². The van der Waals surface area contributed by atoms with Crippen molar-refractivity contribution < 1.29 is 38.5 Å². The highest BCUT2D eigenvalue weighted by Crippen LogP contribution is 2.35. The van der Waals surface area contributed by atoms with Crippen molar-refractivity contribution in [1.82, 2.24) is 25.3 Å². The summed E-state index contributed by atoms with van der Waals surface area (Å²) in [7, 11) is 0. The highest BCUT2D eigenvalue weighted by atomic mass is 16.7. The summed E-state index contributed by atoms with van der Waals surface area (Å²) in [6.07, 6.45) is -0.219. The van der Waals surface area contributed by atoms with E-state index in [1.54, 1.807) is 18.0 Å². The Morgan fingerprint density at radius 3 is 2.32 bits per heavy atom. The van der Waals surface area contributed by atoms with Crippen LogP contribution in [0, 0.1) is 5.92 Å². The van der Waals surface area contributed by atoms with Gasteiger partial charge in [-0.05, 0) is 54.0 Å². The van der Waals surface area contributed by atoms with Gasteiger partial charge in [0, 0.05) is 56.4 Å². The molecule has 4 aromatic carbocycles. The van der Waals surface area contributed by atoms with E-state index in [2.05, 4.69) is 15.5 Å². The van der Waals surface area contributed by atoms with Crippen molar-refractivity contribution in [3.05, 3.63) is 114 Å². The molecular weight excluding hydrogens is 791 g/mol. The molecule has 1 saturated heterocycles. The zero-order valence-electron chi connectivity index (χ0n) is 35.6. The second-order valence-electron chi connectivity index (χ2n) is 16.6. The maximum atomic E-state index is 14.5. The molecule has 15 nitrogen and oxygen atoms in total. The lowest BCUT2D eigenvalue weighted by atomic mass is 9.96. The standard InChI is InChI=1S/C47H57N7O8/c1-31(2)22-38(41(55)25-44(56)52-20-18-51(19-21-52)26-34-16-17-42-43(23-34)62-30-61-42)49-45(57)39(50-47(59)60-28-33-10-5-4-6-11-33)24-36-27-53(46(58)32(3)48)29-54(36)40-15-9-13-35-12-7-8-14-37(35)40/h4-17,23,27,31-32,38-39,41,55H,18-22,24-26,28-30,48H2,1-3H3,(H,49,57)(H,50,59)/t32-,38-,39-,41-/m0/s1. The summed E-state index contributed by atoms with van der Waals surface area (Å²) >= 11 is 0. The third kappa shape index (κ3) is 11.0. The maximum absolute atomic E-state index is 14.5. The first kappa shape index (κ1) is 43.9. The van der Waals surface area contributed by atoms with E-state index in [1.807, 2.05) is 110 Å². The van der Waals surface area contributed by atoms with E-state index in [0.717, 1.165) is 39.1 Å². The van der Waals surface area contributed by atoms with Gasteiger partial charge in [0.1, 0.15) is 19.3 Å². The normalized spacial score (nSPS) is 17.1. The molecule has 4 amide bonds. The molecule has 0 aliphatic carbocycles. The smallest absolute Gasteiger partial charge is 0.408 e. The minimum Gasteiger partial charge on any atom is -0.454 e. The van der Waals surface area contributed by atoms with Crippen LogP contribution in [-0.2, 0) is 32.3 Å². The van der Waals surface area contributed by atoms with Crippen LogP contribution >= 0.6 is 0 Å². The number of benzene rings is 4. The number of carbonyl (C=O) groups excluding carboxylic acids is 4. The van der Waals surface area contributed by atoms with Crippen LogP contribution in [0.3, 0.4) is 0 Å². The average Bonchev–Trinajstić information content (AvgIpc) is 3.92. The number of anilines is 1. The highest BCUT2D eigenvalue weighted by Gasteiger charge is 2.35. The number of nitrogens with two attached hydrogens (primary N) is 1. The van der Waals surface area contributed by atoms with Gasteiger partial charge < -0.3 is 45.5 Å². The average molecular weight is 848 g/mol. The van der Waals surface area contributed by atoms with Crippen LogP contribution < -0.4 is 30.7 Å². The van der Waals surface area contributed by atoms with Crippen LogP contribution in [0.15, 0.2) is 103 Å². The number of ether oxygens (including phenoxy) is 3. The number of alkyl carbamates (subject to hydrolysis) is 1. The van der Waals surface area contributed by atoms with Crippen LogP contribution in [0.1, 0.15) is 51.2 Å². The van der Waals surface area contributed by atoms with Gasteiger partial charge in [-0.1, -0.05) is 86.6 Å². The zero-order valence-corrected chi connectivity index (χ0v) is 35.6. The molecular formula is C47H57N7O8. The second-order valence-corrected chi connectivity index (χ2v) is 16.6. The van der Waals surface area contributed by atoms with Crippen molar-refractivity contribution in [2.24, 2.45) is 11.7 Å². The molecule has 3 aliphatic heterocycles. The van der Waals surface area contributed by atoms with E-state index < -0.39 is 36.2 Å². The molecule has 4 atom stereocenters. The molecule has 4 aromatic rings. The molecule has 5 N–H and O–H groups in total.